The van der Waals surface area contributed by atoms with Crippen molar-refractivity contribution in [3.63, 3.8) is 0 Å². The van der Waals surface area contributed by atoms with E-state index in [-0.39, 0.29) is 29.9 Å². The van der Waals surface area contributed by atoms with Crippen LogP contribution in [0.15, 0.2) is 29.2 Å². The van der Waals surface area contributed by atoms with Gasteiger partial charge in [-0.1, -0.05) is 129 Å². The van der Waals surface area contributed by atoms with Crippen molar-refractivity contribution in [1.29, 1.82) is 0 Å². The Balaban J connectivity index is 2.47. The normalized spacial score (nSPS) is 12.1. The molecule has 46 heavy (non-hydrogen) atoms. The lowest BCUT2D eigenvalue weighted by atomic mass is 10.1. The summed E-state index contributed by atoms with van der Waals surface area (Å²) in [5.74, 6) is -1.68. The zero-order valence-corrected chi connectivity index (χ0v) is 29.4. The maximum absolute atomic E-state index is 12.9. The number of nitrogens with one attached hydrogen (secondary N) is 1. The topological polar surface area (TPSA) is 136 Å². The third kappa shape index (κ3) is 21.4. The number of esters is 2. The molecule has 0 spiro atoms. The van der Waals surface area contributed by atoms with Gasteiger partial charge in [0, 0.05) is 12.0 Å². The molecule has 1 atom stereocenters. The summed E-state index contributed by atoms with van der Waals surface area (Å²) in [5.41, 5.74) is 0.100. The smallest absolute Gasteiger partial charge is 0.328 e. The van der Waals surface area contributed by atoms with Crippen LogP contribution in [0.2, 0.25) is 0 Å². The fourth-order valence-electron chi connectivity index (χ4n) is 5.24. The molecule has 0 heterocycles. The highest BCUT2D eigenvalue weighted by molar-refractivity contribution is 7.85. The fourth-order valence-corrected chi connectivity index (χ4v) is 5.72. The first kappa shape index (κ1) is 41.6. The van der Waals surface area contributed by atoms with Crippen molar-refractivity contribution >= 4 is 28.0 Å². The molecule has 2 N–H and O–H groups in total. The molecule has 1 rings (SSSR count). The van der Waals surface area contributed by atoms with Crippen LogP contribution in [0.3, 0.4) is 0 Å². The second-order valence-electron chi connectivity index (χ2n) is 12.3. The van der Waals surface area contributed by atoms with E-state index in [0.717, 1.165) is 57.1 Å². The Labute approximate surface area is 278 Å². The third-order valence-electron chi connectivity index (χ3n) is 8.14. The minimum atomic E-state index is -4.40. The number of carbonyl (C=O) groups excluding carboxylic acids is 3. The second kappa shape index (κ2) is 26.6. The molecule has 1 amide bonds. The van der Waals surface area contributed by atoms with Crippen LogP contribution >= 0.6 is 0 Å². The van der Waals surface area contributed by atoms with Gasteiger partial charge in [0.1, 0.15) is 6.04 Å². The highest BCUT2D eigenvalue weighted by Crippen LogP contribution is 2.14. The molecular formula is C36H61NO8S. The molecule has 0 fully saturated rings. The number of benzene rings is 1. The van der Waals surface area contributed by atoms with E-state index in [2.05, 4.69) is 19.2 Å². The van der Waals surface area contributed by atoms with Crippen molar-refractivity contribution in [3.05, 3.63) is 29.8 Å². The van der Waals surface area contributed by atoms with Crippen molar-refractivity contribution in [2.45, 2.75) is 166 Å². The maximum Gasteiger partial charge on any atom is 0.328 e. The van der Waals surface area contributed by atoms with Crippen LogP contribution < -0.4 is 5.32 Å². The van der Waals surface area contributed by atoms with Crippen LogP contribution in [0.4, 0.5) is 0 Å². The number of unbranched alkanes of at least 4 members (excludes halogenated alkanes) is 18. The van der Waals surface area contributed by atoms with Crippen molar-refractivity contribution in [3.8, 4) is 0 Å². The zero-order valence-electron chi connectivity index (χ0n) is 28.6. The second-order valence-corrected chi connectivity index (χ2v) is 13.7. The van der Waals surface area contributed by atoms with Crippen LogP contribution in [0, 0.1) is 0 Å². The zero-order chi connectivity index (χ0) is 33.9. The molecule has 0 aromatic heterocycles. The van der Waals surface area contributed by atoms with Gasteiger partial charge in [0.15, 0.2) is 0 Å². The van der Waals surface area contributed by atoms with Gasteiger partial charge in [0.25, 0.3) is 16.0 Å². The molecule has 0 aliphatic carbocycles. The summed E-state index contributed by atoms with van der Waals surface area (Å²) in [4.78, 5) is 37.9. The Morgan fingerprint density at radius 3 is 1.50 bits per heavy atom. The molecular weight excluding hydrogens is 606 g/mol. The Hall–Kier alpha value is -2.46. The van der Waals surface area contributed by atoms with Gasteiger partial charge in [0.05, 0.1) is 18.1 Å². The van der Waals surface area contributed by atoms with E-state index in [1.54, 1.807) is 0 Å². The van der Waals surface area contributed by atoms with Gasteiger partial charge in [-0.25, -0.2) is 4.79 Å². The number of rotatable bonds is 29. The first-order valence-electron chi connectivity index (χ1n) is 17.9. The molecule has 0 saturated carbocycles. The van der Waals surface area contributed by atoms with E-state index in [0.29, 0.717) is 6.61 Å². The van der Waals surface area contributed by atoms with Crippen LogP contribution in [0.25, 0.3) is 0 Å². The summed E-state index contributed by atoms with van der Waals surface area (Å²) in [5, 5.41) is 2.61. The van der Waals surface area contributed by atoms with Gasteiger partial charge in [-0.2, -0.15) is 8.42 Å². The van der Waals surface area contributed by atoms with E-state index in [1.807, 2.05) is 0 Å². The Kier molecular flexibility index (Phi) is 24.0. The molecule has 0 bridgehead atoms. The van der Waals surface area contributed by atoms with Crippen molar-refractivity contribution in [1.82, 2.24) is 5.32 Å². The Bertz CT molecular complexity index is 1060. The summed E-state index contributed by atoms with van der Waals surface area (Å²) in [6.07, 6.45) is 23.3. The van der Waals surface area contributed by atoms with Gasteiger partial charge in [-0.05, 0) is 43.5 Å². The van der Waals surface area contributed by atoms with Crippen molar-refractivity contribution in [2.24, 2.45) is 0 Å². The van der Waals surface area contributed by atoms with Crippen LogP contribution in [-0.2, 0) is 29.2 Å². The SMILES string of the molecule is CCCCCCCCCCCCOC(=O)CCC(NC(=O)c1ccc(S(=O)(=O)O)cc1)C(=O)OCCCCCCCCCCCC. The highest BCUT2D eigenvalue weighted by atomic mass is 32.2. The molecule has 1 aromatic carbocycles. The minimum absolute atomic E-state index is 0.0164. The first-order chi connectivity index (χ1) is 22.2. The Morgan fingerprint density at radius 1 is 0.652 bits per heavy atom. The lowest BCUT2D eigenvalue weighted by molar-refractivity contribution is -0.147. The molecule has 10 heteroatoms. The van der Waals surface area contributed by atoms with Gasteiger partial charge < -0.3 is 14.8 Å². The number of hydrogen-bond donors (Lipinski definition) is 2. The lowest BCUT2D eigenvalue weighted by Gasteiger charge is -2.18. The summed E-state index contributed by atoms with van der Waals surface area (Å²) in [7, 11) is -4.40. The summed E-state index contributed by atoms with van der Waals surface area (Å²) >= 11 is 0. The van der Waals surface area contributed by atoms with E-state index in [1.165, 1.54) is 95.6 Å². The number of amides is 1. The molecule has 1 unspecified atom stereocenters. The van der Waals surface area contributed by atoms with Crippen LogP contribution in [0.5, 0.6) is 0 Å². The standard InChI is InChI=1S/C36H61NO8S/c1-3-5-7-9-11-13-15-17-19-21-29-44-34(38)28-27-33(37-35(39)31-23-25-32(26-24-31)46(41,42)43)36(40)45-30-22-20-18-16-14-12-10-8-6-4-2/h23-26,33H,3-22,27-30H2,1-2H3,(H,37,39)(H,41,42,43). The van der Waals surface area contributed by atoms with E-state index in [4.69, 9.17) is 9.47 Å². The number of ether oxygens (including phenoxy) is 2. The Morgan fingerprint density at radius 2 is 1.07 bits per heavy atom. The largest absolute Gasteiger partial charge is 0.466 e. The van der Waals surface area contributed by atoms with E-state index in [9.17, 15) is 27.4 Å². The summed E-state index contributed by atoms with van der Waals surface area (Å²) < 4.78 is 42.7. The monoisotopic (exact) mass is 667 g/mol. The molecule has 0 saturated heterocycles. The number of hydrogen-bond acceptors (Lipinski definition) is 7. The third-order valence-corrected chi connectivity index (χ3v) is 9.01. The quantitative estimate of drug-likeness (QED) is 0.0492. The van der Waals surface area contributed by atoms with Gasteiger partial charge >= 0.3 is 11.9 Å². The first-order valence-corrected chi connectivity index (χ1v) is 19.3. The summed E-state index contributed by atoms with van der Waals surface area (Å²) in [6.45, 7) is 4.99. The van der Waals surface area contributed by atoms with Crippen molar-refractivity contribution < 1.29 is 36.8 Å². The lowest BCUT2D eigenvalue weighted by Crippen LogP contribution is -2.42. The predicted octanol–water partition coefficient (Wildman–Crippen LogP) is 8.74. The van der Waals surface area contributed by atoms with Crippen LogP contribution in [0.1, 0.15) is 165 Å². The minimum Gasteiger partial charge on any atom is -0.466 e. The molecule has 1 aromatic rings. The van der Waals surface area contributed by atoms with E-state index < -0.39 is 34.0 Å². The average molecular weight is 668 g/mol. The highest BCUT2D eigenvalue weighted by Gasteiger charge is 2.24. The average Bonchev–Trinajstić information content (AvgIpc) is 3.03. The molecule has 264 valence electrons. The number of carbonyl (C=O) groups is 3. The molecule has 0 aliphatic heterocycles. The molecule has 9 nitrogen and oxygen atoms in total. The van der Waals surface area contributed by atoms with Gasteiger partial charge in [-0.3, -0.25) is 14.1 Å². The maximum atomic E-state index is 12.9. The predicted molar refractivity (Wildman–Crippen MR) is 182 cm³/mol. The van der Waals surface area contributed by atoms with Gasteiger partial charge in [-0.15, -0.1) is 0 Å². The molecule has 0 aliphatic rings. The molecule has 0 radical (unpaired) electrons. The fraction of sp³-hybridized carbons (Fsp3) is 0.750. The van der Waals surface area contributed by atoms with Gasteiger partial charge in [0.2, 0.25) is 0 Å². The van der Waals surface area contributed by atoms with Crippen LogP contribution in [-0.4, -0.2) is 50.1 Å². The van der Waals surface area contributed by atoms with Crippen molar-refractivity contribution in [2.75, 3.05) is 13.2 Å². The van der Waals surface area contributed by atoms with E-state index >= 15 is 0 Å². The summed E-state index contributed by atoms with van der Waals surface area (Å²) in [6, 6.07) is 3.62.